The number of rotatable bonds is 0. The molecule has 0 N–H and O–H groups in total. The molecule has 2 aromatic carbocycles. The molecule has 0 saturated carbocycles. The molecule has 0 saturated heterocycles. The molecular formula is C17H14O. The molecule has 0 aliphatic carbocycles. The van der Waals surface area contributed by atoms with Gasteiger partial charge in [-0.25, -0.2) is 0 Å². The summed E-state index contributed by atoms with van der Waals surface area (Å²) in [4.78, 5) is 0. The summed E-state index contributed by atoms with van der Waals surface area (Å²) in [5.41, 5.74) is 3.60. The third-order valence-electron chi connectivity index (χ3n) is 3.11. The van der Waals surface area contributed by atoms with Crippen LogP contribution in [0.25, 0.3) is 0 Å². The van der Waals surface area contributed by atoms with Gasteiger partial charge in [0.25, 0.3) is 0 Å². The van der Waals surface area contributed by atoms with Crippen molar-refractivity contribution in [2.45, 2.75) is 12.5 Å². The van der Waals surface area contributed by atoms with E-state index in [0.29, 0.717) is 0 Å². The molecule has 3 rings (SSSR count). The maximum Gasteiger partial charge on any atom is 0.144 e. The van der Waals surface area contributed by atoms with Crippen molar-refractivity contribution in [2.24, 2.45) is 0 Å². The van der Waals surface area contributed by atoms with Gasteiger partial charge in [-0.3, -0.25) is 0 Å². The first-order valence-corrected chi connectivity index (χ1v) is 6.19. The molecule has 0 aromatic heterocycles. The first-order valence-electron chi connectivity index (χ1n) is 6.19. The van der Waals surface area contributed by atoms with Crippen LogP contribution < -0.4 is 0 Å². The van der Waals surface area contributed by atoms with Gasteiger partial charge in [0, 0.05) is 5.56 Å². The van der Waals surface area contributed by atoms with Gasteiger partial charge in [0.05, 0.1) is 6.61 Å². The average molecular weight is 234 g/mol. The van der Waals surface area contributed by atoms with Gasteiger partial charge >= 0.3 is 0 Å². The molecule has 1 unspecified atom stereocenters. The Morgan fingerprint density at radius 2 is 1.72 bits per heavy atom. The zero-order valence-electron chi connectivity index (χ0n) is 10.1. The fraction of sp³-hybridized carbons (Fsp3) is 0.176. The normalized spacial score (nSPS) is 17.4. The lowest BCUT2D eigenvalue weighted by atomic mass is 9.98. The van der Waals surface area contributed by atoms with E-state index in [1.54, 1.807) is 0 Å². The Balaban J connectivity index is 1.89. The quantitative estimate of drug-likeness (QED) is 0.635. The summed E-state index contributed by atoms with van der Waals surface area (Å²) in [6.45, 7) is 0.755. The van der Waals surface area contributed by atoms with Gasteiger partial charge in [-0.05, 0) is 29.7 Å². The molecule has 1 heterocycles. The Bertz CT molecular complexity index is 590. The third kappa shape index (κ3) is 2.30. The van der Waals surface area contributed by atoms with Crippen molar-refractivity contribution in [2.75, 3.05) is 6.61 Å². The Labute approximate surface area is 107 Å². The second kappa shape index (κ2) is 5.08. The maximum atomic E-state index is 5.75. The molecule has 1 aliphatic rings. The number of fused-ring (bicyclic) bond motifs is 1. The predicted octanol–water partition coefficient (Wildman–Crippen LogP) is 3.35. The van der Waals surface area contributed by atoms with Crippen molar-refractivity contribution in [3.63, 3.8) is 0 Å². The van der Waals surface area contributed by atoms with Crippen LogP contribution in [0.3, 0.4) is 0 Å². The SMILES string of the molecule is C(#CC1OCCc2ccccc21)c1ccccc1. The van der Waals surface area contributed by atoms with Gasteiger partial charge in [-0.15, -0.1) is 0 Å². The lowest BCUT2D eigenvalue weighted by Gasteiger charge is -2.21. The molecule has 1 atom stereocenters. The molecule has 0 radical (unpaired) electrons. The van der Waals surface area contributed by atoms with E-state index < -0.39 is 0 Å². The summed E-state index contributed by atoms with van der Waals surface area (Å²) >= 11 is 0. The van der Waals surface area contributed by atoms with Crippen molar-refractivity contribution in [1.82, 2.24) is 0 Å². The van der Waals surface area contributed by atoms with Gasteiger partial charge in [-0.2, -0.15) is 0 Å². The largest absolute Gasteiger partial charge is 0.360 e. The summed E-state index contributed by atoms with van der Waals surface area (Å²) in [5.74, 6) is 6.40. The molecule has 0 bridgehead atoms. The van der Waals surface area contributed by atoms with E-state index in [9.17, 15) is 0 Å². The minimum absolute atomic E-state index is 0.0878. The predicted molar refractivity (Wildman–Crippen MR) is 72.2 cm³/mol. The van der Waals surface area contributed by atoms with Crippen molar-refractivity contribution >= 4 is 0 Å². The van der Waals surface area contributed by atoms with Crippen LogP contribution in [0.5, 0.6) is 0 Å². The molecule has 2 aromatic rings. The molecule has 0 amide bonds. The first kappa shape index (κ1) is 11.1. The molecule has 1 aliphatic heterocycles. The number of hydrogen-bond acceptors (Lipinski definition) is 1. The molecular weight excluding hydrogens is 220 g/mol. The van der Waals surface area contributed by atoms with E-state index in [2.05, 4.69) is 30.0 Å². The third-order valence-corrected chi connectivity index (χ3v) is 3.11. The van der Waals surface area contributed by atoms with E-state index in [1.165, 1.54) is 11.1 Å². The Morgan fingerprint density at radius 3 is 2.61 bits per heavy atom. The Morgan fingerprint density at radius 1 is 0.944 bits per heavy atom. The van der Waals surface area contributed by atoms with Crippen LogP contribution in [0.15, 0.2) is 54.6 Å². The second-order valence-electron chi connectivity index (χ2n) is 4.34. The lowest BCUT2D eigenvalue weighted by Crippen LogP contribution is -2.14. The molecule has 1 nitrogen and oxygen atoms in total. The van der Waals surface area contributed by atoms with Crippen molar-refractivity contribution < 1.29 is 4.74 Å². The van der Waals surface area contributed by atoms with Crippen LogP contribution in [-0.4, -0.2) is 6.61 Å². The summed E-state index contributed by atoms with van der Waals surface area (Å²) < 4.78 is 5.75. The highest BCUT2D eigenvalue weighted by Gasteiger charge is 2.17. The molecule has 88 valence electrons. The van der Waals surface area contributed by atoms with Crippen molar-refractivity contribution in [3.05, 3.63) is 71.3 Å². The molecule has 18 heavy (non-hydrogen) atoms. The van der Waals surface area contributed by atoms with Crippen LogP contribution in [0.4, 0.5) is 0 Å². The van der Waals surface area contributed by atoms with E-state index in [1.807, 2.05) is 36.4 Å². The van der Waals surface area contributed by atoms with Crippen LogP contribution >= 0.6 is 0 Å². The summed E-state index contributed by atoms with van der Waals surface area (Å²) in [7, 11) is 0. The Hall–Kier alpha value is -2.04. The van der Waals surface area contributed by atoms with Gasteiger partial charge in [0.2, 0.25) is 0 Å². The molecule has 0 spiro atoms. The van der Waals surface area contributed by atoms with Gasteiger partial charge in [-0.1, -0.05) is 54.3 Å². The highest BCUT2D eigenvalue weighted by atomic mass is 16.5. The van der Waals surface area contributed by atoms with Crippen LogP contribution in [0.2, 0.25) is 0 Å². The molecule has 0 fully saturated rings. The second-order valence-corrected chi connectivity index (χ2v) is 4.34. The van der Waals surface area contributed by atoms with E-state index in [0.717, 1.165) is 18.6 Å². The van der Waals surface area contributed by atoms with Gasteiger partial charge < -0.3 is 4.74 Å². The zero-order chi connectivity index (χ0) is 12.2. The van der Waals surface area contributed by atoms with Crippen LogP contribution in [0, 0.1) is 11.8 Å². The summed E-state index contributed by atoms with van der Waals surface area (Å²) in [6, 6.07) is 18.4. The average Bonchev–Trinajstić information content (AvgIpc) is 2.46. The first-order chi connectivity index (χ1) is 8.93. The number of hydrogen-bond donors (Lipinski definition) is 0. The fourth-order valence-electron chi connectivity index (χ4n) is 2.18. The van der Waals surface area contributed by atoms with E-state index in [-0.39, 0.29) is 6.10 Å². The maximum absolute atomic E-state index is 5.75. The van der Waals surface area contributed by atoms with Gasteiger partial charge in [0.1, 0.15) is 6.10 Å². The number of ether oxygens (including phenoxy) is 1. The fourth-order valence-corrected chi connectivity index (χ4v) is 2.18. The van der Waals surface area contributed by atoms with Gasteiger partial charge in [0.15, 0.2) is 0 Å². The van der Waals surface area contributed by atoms with E-state index in [4.69, 9.17) is 4.74 Å². The summed E-state index contributed by atoms with van der Waals surface area (Å²) in [5, 5.41) is 0. The minimum Gasteiger partial charge on any atom is -0.360 e. The van der Waals surface area contributed by atoms with Crippen molar-refractivity contribution in [3.8, 4) is 11.8 Å². The highest BCUT2D eigenvalue weighted by molar-refractivity contribution is 5.40. The number of benzene rings is 2. The van der Waals surface area contributed by atoms with Crippen LogP contribution in [0.1, 0.15) is 22.8 Å². The minimum atomic E-state index is -0.0878. The lowest BCUT2D eigenvalue weighted by molar-refractivity contribution is 0.0814. The smallest absolute Gasteiger partial charge is 0.144 e. The monoisotopic (exact) mass is 234 g/mol. The standard InChI is InChI=1S/C17H14O/c1-2-6-14(7-3-1)10-11-17-16-9-5-4-8-15(16)12-13-18-17/h1-9,17H,12-13H2. The highest BCUT2D eigenvalue weighted by Crippen LogP contribution is 2.26. The Kier molecular flexibility index (Phi) is 3.12. The zero-order valence-corrected chi connectivity index (χ0v) is 10.1. The topological polar surface area (TPSA) is 9.23 Å². The molecule has 1 heteroatoms. The summed E-state index contributed by atoms with van der Waals surface area (Å²) in [6.07, 6.45) is 0.898. The van der Waals surface area contributed by atoms with E-state index >= 15 is 0 Å². The van der Waals surface area contributed by atoms with Crippen molar-refractivity contribution in [1.29, 1.82) is 0 Å². The van der Waals surface area contributed by atoms with Crippen LogP contribution in [-0.2, 0) is 11.2 Å².